The molecule has 0 aromatic carbocycles. The lowest BCUT2D eigenvalue weighted by molar-refractivity contribution is 0.108. The van der Waals surface area contributed by atoms with Crippen LogP contribution in [-0.4, -0.2) is 10.2 Å². The molecule has 76 valence electrons. The molecule has 0 bridgehead atoms. The third-order valence-corrected chi connectivity index (χ3v) is 2.41. The van der Waals surface area contributed by atoms with Crippen molar-refractivity contribution < 1.29 is 9.18 Å². The van der Waals surface area contributed by atoms with Crippen molar-refractivity contribution >= 4 is 40.0 Å². The Hall–Kier alpha value is -0.380. The molecule has 1 rings (SSSR count). The van der Waals surface area contributed by atoms with Gasteiger partial charge in [-0.15, -0.1) is 0 Å². The van der Waals surface area contributed by atoms with Crippen molar-refractivity contribution in [1.82, 2.24) is 4.98 Å². The quantitative estimate of drug-likeness (QED) is 0.599. The first-order chi connectivity index (χ1) is 6.49. The third kappa shape index (κ3) is 2.00. The van der Waals surface area contributed by atoms with E-state index in [0.717, 1.165) is 0 Å². The lowest BCUT2D eigenvalue weighted by atomic mass is 10.1. The fourth-order valence-corrected chi connectivity index (χ4v) is 1.86. The molecule has 14 heavy (non-hydrogen) atoms. The summed E-state index contributed by atoms with van der Waals surface area (Å²) < 4.78 is 13.3. The maximum Gasteiger partial charge on any atom is 0.255 e. The first-order valence-corrected chi connectivity index (χ1v) is 4.85. The predicted octanol–water partition coefficient (Wildman–Crippen LogP) is 3.47. The van der Waals surface area contributed by atoms with Gasteiger partial charge in [0.05, 0.1) is 5.56 Å². The van der Waals surface area contributed by atoms with Crippen molar-refractivity contribution in [1.29, 1.82) is 0 Å². The van der Waals surface area contributed by atoms with Crippen LogP contribution in [0.4, 0.5) is 4.39 Å². The average Bonchev–Trinajstić information content (AvgIpc) is 2.09. The maximum atomic E-state index is 13.3. The van der Waals surface area contributed by atoms with Crippen LogP contribution >= 0.6 is 34.8 Å². The molecule has 0 aliphatic rings. The second-order valence-corrected chi connectivity index (χ2v) is 3.55. The Morgan fingerprint density at radius 2 is 2.00 bits per heavy atom. The van der Waals surface area contributed by atoms with Crippen LogP contribution in [0.2, 0.25) is 10.3 Å². The van der Waals surface area contributed by atoms with Gasteiger partial charge in [-0.05, 0) is 18.0 Å². The van der Waals surface area contributed by atoms with Crippen molar-refractivity contribution in [2.75, 3.05) is 0 Å². The molecule has 0 aliphatic carbocycles. The highest BCUT2D eigenvalue weighted by Crippen LogP contribution is 2.27. The number of hydrogen-bond acceptors (Lipinski definition) is 2. The molecule has 0 fully saturated rings. The summed E-state index contributed by atoms with van der Waals surface area (Å²) in [5.74, 6) is -0.748. The second-order valence-electron chi connectivity index (χ2n) is 2.49. The van der Waals surface area contributed by atoms with E-state index in [1.54, 1.807) is 6.92 Å². The van der Waals surface area contributed by atoms with Gasteiger partial charge in [-0.2, -0.15) is 0 Å². The Labute approximate surface area is 95.0 Å². The fraction of sp³-hybridized carbons (Fsp3) is 0.250. The average molecular weight is 256 g/mol. The van der Waals surface area contributed by atoms with Gasteiger partial charge in [0, 0.05) is 5.56 Å². The molecule has 1 aromatic rings. The molecular formula is C8H5Cl3FNO. The Morgan fingerprint density at radius 1 is 1.43 bits per heavy atom. The number of carbonyl (C=O) groups is 1. The number of pyridine rings is 1. The van der Waals surface area contributed by atoms with E-state index in [4.69, 9.17) is 34.8 Å². The van der Waals surface area contributed by atoms with E-state index in [1.807, 2.05) is 0 Å². The van der Waals surface area contributed by atoms with Crippen LogP contribution in [0, 0.1) is 5.82 Å². The van der Waals surface area contributed by atoms with E-state index in [1.165, 1.54) is 0 Å². The summed E-state index contributed by atoms with van der Waals surface area (Å²) in [7, 11) is 0. The molecule has 0 radical (unpaired) electrons. The molecule has 0 atom stereocenters. The molecule has 0 saturated carbocycles. The van der Waals surface area contributed by atoms with Gasteiger partial charge in [0.15, 0.2) is 11.0 Å². The van der Waals surface area contributed by atoms with Crippen LogP contribution in [0.3, 0.4) is 0 Å². The number of hydrogen-bond donors (Lipinski definition) is 0. The van der Waals surface area contributed by atoms with Crippen molar-refractivity contribution in [3.63, 3.8) is 0 Å². The normalized spacial score (nSPS) is 10.4. The first kappa shape index (κ1) is 11.7. The number of carbonyl (C=O) groups excluding carboxylic acids is 1. The molecule has 1 aromatic heterocycles. The zero-order valence-corrected chi connectivity index (χ0v) is 9.34. The van der Waals surface area contributed by atoms with Crippen LogP contribution in [-0.2, 0) is 6.42 Å². The van der Waals surface area contributed by atoms with Gasteiger partial charge in [0.1, 0.15) is 5.15 Å². The van der Waals surface area contributed by atoms with E-state index in [0.29, 0.717) is 0 Å². The molecule has 0 saturated heterocycles. The van der Waals surface area contributed by atoms with Crippen molar-refractivity contribution in [3.8, 4) is 0 Å². The van der Waals surface area contributed by atoms with E-state index in [-0.39, 0.29) is 27.9 Å². The topological polar surface area (TPSA) is 30.0 Å². The van der Waals surface area contributed by atoms with Gasteiger partial charge < -0.3 is 0 Å². The molecule has 0 amide bonds. The number of aromatic nitrogens is 1. The van der Waals surface area contributed by atoms with Gasteiger partial charge in [0.2, 0.25) is 0 Å². The van der Waals surface area contributed by atoms with Crippen molar-refractivity contribution in [3.05, 3.63) is 27.3 Å². The summed E-state index contributed by atoms with van der Waals surface area (Å²) in [6.07, 6.45) is 0.265. The molecule has 0 aliphatic heterocycles. The minimum Gasteiger partial charge on any atom is -0.275 e. The predicted molar refractivity (Wildman–Crippen MR) is 53.8 cm³/mol. The van der Waals surface area contributed by atoms with Gasteiger partial charge in [-0.3, -0.25) is 4.79 Å². The molecule has 6 heteroatoms. The Morgan fingerprint density at radius 3 is 2.43 bits per heavy atom. The zero-order chi connectivity index (χ0) is 10.9. The summed E-state index contributed by atoms with van der Waals surface area (Å²) in [4.78, 5) is 14.4. The SMILES string of the molecule is CCc1c(F)c(Cl)nc(Cl)c1C(=O)Cl. The van der Waals surface area contributed by atoms with Crippen molar-refractivity contribution in [2.45, 2.75) is 13.3 Å². The van der Waals surface area contributed by atoms with Gasteiger partial charge >= 0.3 is 0 Å². The van der Waals surface area contributed by atoms with Crippen molar-refractivity contribution in [2.24, 2.45) is 0 Å². The highest BCUT2D eigenvalue weighted by molar-refractivity contribution is 6.68. The minimum atomic E-state index is -0.838. The summed E-state index contributed by atoms with van der Waals surface area (Å²) in [6, 6.07) is 0. The van der Waals surface area contributed by atoms with Gasteiger partial charge in [0.25, 0.3) is 5.24 Å². The minimum absolute atomic E-state index is 0.0926. The van der Waals surface area contributed by atoms with Crippen LogP contribution in [0.1, 0.15) is 22.8 Å². The first-order valence-electron chi connectivity index (χ1n) is 3.72. The van der Waals surface area contributed by atoms with Crippen LogP contribution in [0.25, 0.3) is 0 Å². The number of nitrogens with zero attached hydrogens (tertiary/aromatic N) is 1. The highest BCUT2D eigenvalue weighted by Gasteiger charge is 2.20. The van der Waals surface area contributed by atoms with Crippen LogP contribution < -0.4 is 0 Å². The van der Waals surface area contributed by atoms with E-state index in [9.17, 15) is 9.18 Å². The Kier molecular flexibility index (Phi) is 3.70. The molecular weight excluding hydrogens is 251 g/mol. The van der Waals surface area contributed by atoms with Crippen LogP contribution in [0.5, 0.6) is 0 Å². The number of halogens is 4. The van der Waals surface area contributed by atoms with Gasteiger partial charge in [-0.25, -0.2) is 9.37 Å². The summed E-state index contributed by atoms with van der Waals surface area (Å²) >= 11 is 16.3. The van der Waals surface area contributed by atoms with Crippen LogP contribution in [0.15, 0.2) is 0 Å². The fourth-order valence-electron chi connectivity index (χ4n) is 1.08. The Balaban J connectivity index is 3.55. The smallest absolute Gasteiger partial charge is 0.255 e. The third-order valence-electron chi connectivity index (χ3n) is 1.70. The van der Waals surface area contributed by atoms with E-state index >= 15 is 0 Å². The molecule has 0 N–H and O–H groups in total. The highest BCUT2D eigenvalue weighted by atomic mass is 35.5. The summed E-state index contributed by atoms with van der Waals surface area (Å²) in [6.45, 7) is 1.66. The molecule has 2 nitrogen and oxygen atoms in total. The van der Waals surface area contributed by atoms with E-state index in [2.05, 4.69) is 4.98 Å². The summed E-state index contributed by atoms with van der Waals surface area (Å²) in [5.41, 5.74) is -0.0206. The van der Waals surface area contributed by atoms with E-state index < -0.39 is 11.1 Å². The van der Waals surface area contributed by atoms with Gasteiger partial charge in [-0.1, -0.05) is 30.1 Å². The number of rotatable bonds is 2. The standard InChI is InChI=1S/C8H5Cl3FNO/c1-2-3-4(8(11)14)6(9)13-7(10)5(3)12/h2H2,1H3. The second kappa shape index (κ2) is 4.43. The monoisotopic (exact) mass is 255 g/mol. The summed E-state index contributed by atoms with van der Waals surface area (Å²) in [5, 5.41) is -1.36. The molecule has 1 heterocycles. The lowest BCUT2D eigenvalue weighted by Crippen LogP contribution is -2.04. The lowest BCUT2D eigenvalue weighted by Gasteiger charge is -2.07. The molecule has 0 unspecified atom stereocenters. The largest absolute Gasteiger partial charge is 0.275 e. The zero-order valence-electron chi connectivity index (χ0n) is 7.07. The maximum absolute atomic E-state index is 13.3. The Bertz CT molecular complexity index is 395. The molecule has 0 spiro atoms.